The first-order chi connectivity index (χ1) is 11.8. The molecule has 0 unspecified atom stereocenters. The molecule has 11 heteroatoms. The molecule has 26 heavy (non-hydrogen) atoms. The average molecular weight is 413 g/mol. The van der Waals surface area contributed by atoms with Crippen molar-refractivity contribution in [2.24, 2.45) is 0 Å². The molecule has 0 spiro atoms. The topological polar surface area (TPSA) is 74.8 Å². The van der Waals surface area contributed by atoms with E-state index in [1.165, 1.54) is 31.1 Å². The predicted molar refractivity (Wildman–Crippen MR) is 87.0 cm³/mol. The molecule has 0 aromatic heterocycles. The number of carbonyl (C=O) groups excluding carboxylic acids is 2. The number of nitrogens with zero attached hydrogens (tertiary/aromatic N) is 2. The maximum absolute atomic E-state index is 12.9. The van der Waals surface area contributed by atoms with Crippen LogP contribution in [0.2, 0.25) is 0 Å². The van der Waals surface area contributed by atoms with E-state index in [9.17, 15) is 31.2 Å². The number of hydrogen-bond acceptors (Lipinski definition) is 4. The van der Waals surface area contributed by atoms with Gasteiger partial charge in [-0.3, -0.25) is 9.59 Å². The molecule has 0 fully saturated rings. The zero-order valence-corrected chi connectivity index (χ0v) is 15.5. The van der Waals surface area contributed by atoms with Crippen LogP contribution in [0.15, 0.2) is 23.1 Å². The van der Waals surface area contributed by atoms with Gasteiger partial charge in [-0.25, -0.2) is 8.42 Å². The van der Waals surface area contributed by atoms with Crippen molar-refractivity contribution in [1.82, 2.24) is 9.80 Å². The fourth-order valence-electron chi connectivity index (χ4n) is 2.80. The molecule has 2 rings (SSSR count). The average Bonchev–Trinajstić information content (AvgIpc) is 2.52. The van der Waals surface area contributed by atoms with Crippen LogP contribution in [0.5, 0.6) is 0 Å². The van der Waals surface area contributed by atoms with Crippen molar-refractivity contribution >= 4 is 31.5 Å². The number of benzene rings is 1. The second-order valence-electron chi connectivity index (χ2n) is 6.05. The summed E-state index contributed by atoms with van der Waals surface area (Å²) in [6, 6.07) is 2.57. The highest BCUT2D eigenvalue weighted by Crippen LogP contribution is 2.37. The maximum atomic E-state index is 12.9. The number of halogens is 4. The fraction of sp³-hybridized carbons (Fsp3) is 0.467. The van der Waals surface area contributed by atoms with Gasteiger partial charge >= 0.3 is 12.1 Å². The SMILES string of the molecule is CN(C)C(=O)C[C@@H]1c2cc(S(=O)(=O)Cl)ccc2CCN1C(=O)C(F)(F)F. The third-order valence-electron chi connectivity index (χ3n) is 4.13. The summed E-state index contributed by atoms with van der Waals surface area (Å²) in [5, 5.41) is 0. The highest BCUT2D eigenvalue weighted by Gasteiger charge is 2.46. The Bertz CT molecular complexity index is 840. The monoisotopic (exact) mass is 412 g/mol. The Morgan fingerprint density at radius 2 is 1.92 bits per heavy atom. The lowest BCUT2D eigenvalue weighted by molar-refractivity contribution is -0.188. The summed E-state index contributed by atoms with van der Waals surface area (Å²) in [6.07, 6.45) is -5.41. The first kappa shape index (κ1) is 20.5. The number of carbonyl (C=O) groups is 2. The van der Waals surface area contributed by atoms with Gasteiger partial charge in [-0.05, 0) is 29.7 Å². The third-order valence-corrected chi connectivity index (χ3v) is 5.48. The Morgan fingerprint density at radius 3 is 2.42 bits per heavy atom. The lowest BCUT2D eigenvalue weighted by atomic mass is 9.90. The van der Waals surface area contributed by atoms with Gasteiger partial charge in [0.25, 0.3) is 9.05 Å². The maximum Gasteiger partial charge on any atom is 0.471 e. The Labute approximate surface area is 152 Å². The van der Waals surface area contributed by atoms with Crippen LogP contribution < -0.4 is 0 Å². The molecular formula is C15H16ClF3N2O4S. The molecule has 1 aromatic carbocycles. The Kier molecular flexibility index (Phi) is 5.57. The van der Waals surface area contributed by atoms with E-state index in [2.05, 4.69) is 0 Å². The zero-order chi connectivity index (χ0) is 19.9. The minimum Gasteiger partial charge on any atom is -0.349 e. The molecule has 0 aliphatic carbocycles. The van der Waals surface area contributed by atoms with Crippen LogP contribution in [0.3, 0.4) is 0 Å². The summed E-state index contributed by atoms with van der Waals surface area (Å²) in [5.74, 6) is -2.57. The summed E-state index contributed by atoms with van der Waals surface area (Å²) >= 11 is 0. The van der Waals surface area contributed by atoms with E-state index >= 15 is 0 Å². The van der Waals surface area contributed by atoms with Crippen molar-refractivity contribution in [3.8, 4) is 0 Å². The van der Waals surface area contributed by atoms with Crippen molar-refractivity contribution < 1.29 is 31.2 Å². The van der Waals surface area contributed by atoms with Crippen LogP contribution in [-0.2, 0) is 25.1 Å². The van der Waals surface area contributed by atoms with E-state index in [-0.39, 0.29) is 23.4 Å². The summed E-state index contributed by atoms with van der Waals surface area (Å²) in [5.41, 5.74) is 0.739. The number of hydrogen-bond donors (Lipinski definition) is 0. The third kappa shape index (κ3) is 4.29. The lowest BCUT2D eigenvalue weighted by Gasteiger charge is -2.38. The molecule has 6 nitrogen and oxygen atoms in total. The summed E-state index contributed by atoms with van der Waals surface area (Å²) in [7, 11) is 4.06. The number of alkyl halides is 3. The van der Waals surface area contributed by atoms with Crippen LogP contribution in [0.25, 0.3) is 0 Å². The molecular weight excluding hydrogens is 397 g/mol. The van der Waals surface area contributed by atoms with Crippen LogP contribution >= 0.6 is 10.7 Å². The first-order valence-electron chi connectivity index (χ1n) is 7.48. The van der Waals surface area contributed by atoms with Crippen LogP contribution in [0.4, 0.5) is 13.2 Å². The summed E-state index contributed by atoms with van der Waals surface area (Å²) < 4.78 is 62.0. The molecule has 1 aliphatic heterocycles. The van der Waals surface area contributed by atoms with Crippen LogP contribution in [0, 0.1) is 0 Å². The number of rotatable bonds is 3. The van der Waals surface area contributed by atoms with Crippen molar-refractivity contribution in [2.75, 3.05) is 20.6 Å². The van der Waals surface area contributed by atoms with Crippen LogP contribution in [-0.4, -0.2) is 56.8 Å². The normalized spacial score (nSPS) is 17.6. The number of amides is 2. The molecule has 0 N–H and O–H groups in total. The van der Waals surface area contributed by atoms with Crippen molar-refractivity contribution in [2.45, 2.75) is 30.0 Å². The van der Waals surface area contributed by atoms with Gasteiger partial charge in [0, 0.05) is 31.3 Å². The highest BCUT2D eigenvalue weighted by atomic mass is 35.7. The molecule has 0 saturated heterocycles. The van der Waals surface area contributed by atoms with E-state index in [1.807, 2.05) is 0 Å². The molecule has 144 valence electrons. The van der Waals surface area contributed by atoms with Crippen molar-refractivity contribution in [1.29, 1.82) is 0 Å². The zero-order valence-electron chi connectivity index (χ0n) is 13.9. The molecule has 1 aromatic rings. The molecule has 2 amide bonds. The van der Waals surface area contributed by atoms with Gasteiger partial charge in [0.2, 0.25) is 5.91 Å². The summed E-state index contributed by atoms with van der Waals surface area (Å²) in [4.78, 5) is 25.3. The molecule has 0 bridgehead atoms. The van der Waals surface area contributed by atoms with Gasteiger partial charge < -0.3 is 9.80 Å². The number of fused-ring (bicyclic) bond motifs is 1. The molecule has 1 heterocycles. The van der Waals surface area contributed by atoms with E-state index in [1.54, 1.807) is 0 Å². The minimum atomic E-state index is -5.10. The second-order valence-corrected chi connectivity index (χ2v) is 8.62. The quantitative estimate of drug-likeness (QED) is 0.712. The van der Waals surface area contributed by atoms with Gasteiger partial charge in [-0.15, -0.1) is 0 Å². The van der Waals surface area contributed by atoms with Gasteiger partial charge in [0.05, 0.1) is 17.4 Å². The van der Waals surface area contributed by atoms with Gasteiger partial charge in [0.15, 0.2) is 0 Å². The second kappa shape index (κ2) is 7.07. The standard InChI is InChI=1S/C15H16ClF3N2O4S/c1-20(2)13(22)8-12-11-7-10(26(16,24)25)4-3-9(11)5-6-21(12)14(23)15(17,18)19/h3-4,7,12H,5-6,8H2,1-2H3/t12-/m1/s1. The van der Waals surface area contributed by atoms with Gasteiger partial charge in [0.1, 0.15) is 0 Å². The smallest absolute Gasteiger partial charge is 0.349 e. The minimum absolute atomic E-state index is 0.104. The molecule has 0 radical (unpaired) electrons. The predicted octanol–water partition coefficient (Wildman–Crippen LogP) is 2.08. The Balaban J connectivity index is 2.56. The Morgan fingerprint density at radius 1 is 1.31 bits per heavy atom. The largest absolute Gasteiger partial charge is 0.471 e. The molecule has 0 saturated carbocycles. The van der Waals surface area contributed by atoms with Crippen LogP contribution in [0.1, 0.15) is 23.6 Å². The highest BCUT2D eigenvalue weighted by molar-refractivity contribution is 8.13. The molecule has 1 aliphatic rings. The van der Waals surface area contributed by atoms with Gasteiger partial charge in [-0.1, -0.05) is 6.07 Å². The lowest BCUT2D eigenvalue weighted by Crippen LogP contribution is -2.47. The first-order valence-corrected chi connectivity index (χ1v) is 9.78. The van der Waals surface area contributed by atoms with E-state index in [4.69, 9.17) is 10.7 Å². The Hall–Kier alpha value is -1.81. The van der Waals surface area contributed by atoms with E-state index < -0.39 is 39.5 Å². The summed E-state index contributed by atoms with van der Waals surface area (Å²) in [6.45, 7) is -0.232. The van der Waals surface area contributed by atoms with E-state index in [0.29, 0.717) is 10.5 Å². The molecule has 1 atom stereocenters. The van der Waals surface area contributed by atoms with Gasteiger partial charge in [-0.2, -0.15) is 13.2 Å². The fourth-order valence-corrected chi connectivity index (χ4v) is 3.59. The van der Waals surface area contributed by atoms with Crippen molar-refractivity contribution in [3.63, 3.8) is 0 Å². The van der Waals surface area contributed by atoms with E-state index in [0.717, 1.165) is 6.07 Å². The van der Waals surface area contributed by atoms with Crippen molar-refractivity contribution in [3.05, 3.63) is 29.3 Å².